The van der Waals surface area contributed by atoms with E-state index in [-0.39, 0.29) is 11.8 Å². The number of rotatable bonds is 5. The van der Waals surface area contributed by atoms with Crippen molar-refractivity contribution < 1.29 is 9.59 Å². The van der Waals surface area contributed by atoms with E-state index in [9.17, 15) is 9.59 Å². The predicted molar refractivity (Wildman–Crippen MR) is 81.6 cm³/mol. The molecule has 20 heavy (non-hydrogen) atoms. The van der Waals surface area contributed by atoms with Crippen LogP contribution >= 0.6 is 0 Å². The minimum absolute atomic E-state index is 0.123. The highest BCUT2D eigenvalue weighted by Gasteiger charge is 2.27. The number of aryl methyl sites for hydroxylation is 1. The molecule has 0 fully saturated rings. The van der Waals surface area contributed by atoms with Crippen LogP contribution in [0.15, 0.2) is 18.2 Å². The number of hydrogen-bond acceptors (Lipinski definition) is 3. The molecule has 5 nitrogen and oxygen atoms in total. The summed E-state index contributed by atoms with van der Waals surface area (Å²) in [5.74, 6) is -0.326. The van der Waals surface area contributed by atoms with Crippen molar-refractivity contribution in [2.45, 2.75) is 46.1 Å². The Morgan fingerprint density at radius 2 is 1.95 bits per heavy atom. The molecule has 0 aliphatic rings. The van der Waals surface area contributed by atoms with E-state index in [2.05, 4.69) is 10.6 Å². The second-order valence-corrected chi connectivity index (χ2v) is 5.33. The normalized spacial score (nSPS) is 13.4. The molecule has 1 rings (SSSR count). The van der Waals surface area contributed by atoms with Crippen LogP contribution in [0.4, 0.5) is 11.4 Å². The largest absolute Gasteiger partial charge is 0.326 e. The summed E-state index contributed by atoms with van der Waals surface area (Å²) in [4.78, 5) is 23.1. The van der Waals surface area contributed by atoms with Crippen molar-refractivity contribution in [2.24, 2.45) is 5.73 Å². The summed E-state index contributed by atoms with van der Waals surface area (Å²) in [6.07, 6.45) is 1.47. The van der Waals surface area contributed by atoms with Crippen molar-refractivity contribution in [1.82, 2.24) is 0 Å². The van der Waals surface area contributed by atoms with Crippen LogP contribution in [-0.2, 0) is 9.59 Å². The Balaban J connectivity index is 2.82. The van der Waals surface area contributed by atoms with Gasteiger partial charge in [0.2, 0.25) is 11.8 Å². The Morgan fingerprint density at radius 1 is 1.30 bits per heavy atom. The molecule has 0 saturated carbocycles. The molecule has 4 N–H and O–H groups in total. The van der Waals surface area contributed by atoms with Crippen LogP contribution in [0.2, 0.25) is 0 Å². The zero-order chi connectivity index (χ0) is 15.3. The SMILES string of the molecule is CCCC(C)(N)C(=O)Nc1ccc(NC(C)=O)c(C)c1. The Morgan fingerprint density at radius 3 is 2.45 bits per heavy atom. The second-order valence-electron chi connectivity index (χ2n) is 5.33. The van der Waals surface area contributed by atoms with Gasteiger partial charge in [-0.2, -0.15) is 0 Å². The maximum atomic E-state index is 12.1. The average Bonchev–Trinajstić information content (AvgIpc) is 2.32. The number of nitrogens with two attached hydrogens (primary N) is 1. The number of hydrogen-bond donors (Lipinski definition) is 3. The van der Waals surface area contributed by atoms with Crippen LogP contribution in [0, 0.1) is 6.92 Å². The van der Waals surface area contributed by atoms with Gasteiger partial charge in [0.15, 0.2) is 0 Å². The third-order valence-electron chi connectivity index (χ3n) is 3.08. The summed E-state index contributed by atoms with van der Waals surface area (Å²) in [6, 6.07) is 5.32. The van der Waals surface area contributed by atoms with E-state index in [4.69, 9.17) is 5.73 Å². The molecule has 0 aliphatic carbocycles. The maximum Gasteiger partial charge on any atom is 0.244 e. The molecule has 0 aliphatic heterocycles. The lowest BCUT2D eigenvalue weighted by molar-refractivity contribution is -0.120. The van der Waals surface area contributed by atoms with Crippen molar-refractivity contribution >= 4 is 23.2 Å². The molecule has 1 aromatic carbocycles. The highest BCUT2D eigenvalue weighted by Crippen LogP contribution is 2.21. The van der Waals surface area contributed by atoms with E-state index in [0.29, 0.717) is 12.1 Å². The first kappa shape index (κ1) is 16.2. The average molecular weight is 277 g/mol. The summed E-state index contributed by atoms with van der Waals surface area (Å²) in [7, 11) is 0. The van der Waals surface area contributed by atoms with E-state index in [0.717, 1.165) is 17.7 Å². The smallest absolute Gasteiger partial charge is 0.244 e. The van der Waals surface area contributed by atoms with Crippen molar-refractivity contribution in [1.29, 1.82) is 0 Å². The maximum absolute atomic E-state index is 12.1. The van der Waals surface area contributed by atoms with Gasteiger partial charge in [-0.1, -0.05) is 13.3 Å². The quantitative estimate of drug-likeness (QED) is 0.772. The molecule has 0 aromatic heterocycles. The first-order valence-corrected chi connectivity index (χ1v) is 6.75. The molecule has 110 valence electrons. The van der Waals surface area contributed by atoms with Crippen molar-refractivity contribution in [3.63, 3.8) is 0 Å². The molecule has 0 radical (unpaired) electrons. The third-order valence-corrected chi connectivity index (χ3v) is 3.08. The van der Waals surface area contributed by atoms with Gasteiger partial charge in [0.05, 0.1) is 5.54 Å². The lowest BCUT2D eigenvalue weighted by Gasteiger charge is -2.23. The number of carbonyl (C=O) groups excluding carboxylic acids is 2. The highest BCUT2D eigenvalue weighted by atomic mass is 16.2. The van der Waals surface area contributed by atoms with Gasteiger partial charge in [-0.05, 0) is 44.0 Å². The second kappa shape index (κ2) is 6.52. The van der Waals surface area contributed by atoms with Gasteiger partial charge < -0.3 is 16.4 Å². The molecule has 2 amide bonds. The fraction of sp³-hybridized carbons (Fsp3) is 0.467. The van der Waals surface area contributed by atoms with Crippen molar-refractivity contribution in [2.75, 3.05) is 10.6 Å². The Bertz CT molecular complexity index is 510. The molecule has 0 saturated heterocycles. The molecular weight excluding hydrogens is 254 g/mol. The van der Waals surface area contributed by atoms with Gasteiger partial charge in [0.25, 0.3) is 0 Å². The molecule has 0 bridgehead atoms. The topological polar surface area (TPSA) is 84.2 Å². The number of benzene rings is 1. The molecule has 0 heterocycles. The molecule has 1 unspecified atom stereocenters. The van der Waals surface area contributed by atoms with Gasteiger partial charge >= 0.3 is 0 Å². The van der Waals surface area contributed by atoms with E-state index in [1.54, 1.807) is 19.1 Å². The fourth-order valence-electron chi connectivity index (χ4n) is 1.98. The summed E-state index contributed by atoms with van der Waals surface area (Å²) in [6.45, 7) is 7.05. The zero-order valence-corrected chi connectivity index (χ0v) is 12.5. The lowest BCUT2D eigenvalue weighted by atomic mass is 9.96. The summed E-state index contributed by atoms with van der Waals surface area (Å²) in [5.41, 5.74) is 7.40. The van der Waals surface area contributed by atoms with Crippen LogP contribution < -0.4 is 16.4 Å². The van der Waals surface area contributed by atoms with Crippen LogP contribution in [0.25, 0.3) is 0 Å². The Labute approximate surface area is 119 Å². The standard InChI is InChI=1S/C15H23N3O2/c1-5-8-15(4,16)14(20)18-12-6-7-13(10(2)9-12)17-11(3)19/h6-7,9H,5,8,16H2,1-4H3,(H,17,19)(H,18,20). The van der Waals surface area contributed by atoms with Gasteiger partial charge in [-0.3, -0.25) is 9.59 Å². The first-order chi connectivity index (χ1) is 9.26. The zero-order valence-electron chi connectivity index (χ0n) is 12.5. The van der Waals surface area contributed by atoms with Crippen molar-refractivity contribution in [3.8, 4) is 0 Å². The first-order valence-electron chi connectivity index (χ1n) is 6.75. The Hall–Kier alpha value is -1.88. The number of nitrogens with one attached hydrogen (secondary N) is 2. The Kier molecular flexibility index (Phi) is 5.27. The van der Waals surface area contributed by atoms with Crippen LogP contribution in [-0.4, -0.2) is 17.4 Å². The predicted octanol–water partition coefficient (Wildman–Crippen LogP) is 2.41. The fourth-order valence-corrected chi connectivity index (χ4v) is 1.98. The number of amides is 2. The minimum atomic E-state index is -0.876. The van der Waals surface area contributed by atoms with Crippen LogP contribution in [0.3, 0.4) is 0 Å². The van der Waals surface area contributed by atoms with E-state index in [1.807, 2.05) is 19.9 Å². The van der Waals surface area contributed by atoms with Gasteiger partial charge in [-0.15, -0.1) is 0 Å². The van der Waals surface area contributed by atoms with E-state index < -0.39 is 5.54 Å². The van der Waals surface area contributed by atoms with Gasteiger partial charge in [0.1, 0.15) is 0 Å². The van der Waals surface area contributed by atoms with Crippen LogP contribution in [0.5, 0.6) is 0 Å². The molecule has 1 aromatic rings. The monoisotopic (exact) mass is 277 g/mol. The van der Waals surface area contributed by atoms with Gasteiger partial charge in [0, 0.05) is 18.3 Å². The summed E-state index contributed by atoms with van der Waals surface area (Å²) >= 11 is 0. The number of anilines is 2. The third kappa shape index (κ3) is 4.35. The summed E-state index contributed by atoms with van der Waals surface area (Å²) in [5, 5.41) is 5.54. The lowest BCUT2D eigenvalue weighted by Crippen LogP contribution is -2.48. The van der Waals surface area contributed by atoms with E-state index >= 15 is 0 Å². The molecule has 0 spiro atoms. The van der Waals surface area contributed by atoms with Crippen LogP contribution in [0.1, 0.15) is 39.2 Å². The number of carbonyl (C=O) groups is 2. The molecule has 1 atom stereocenters. The van der Waals surface area contributed by atoms with Crippen molar-refractivity contribution in [3.05, 3.63) is 23.8 Å². The minimum Gasteiger partial charge on any atom is -0.326 e. The highest BCUT2D eigenvalue weighted by molar-refractivity contribution is 5.98. The van der Waals surface area contributed by atoms with Gasteiger partial charge in [-0.25, -0.2) is 0 Å². The molecule has 5 heteroatoms. The summed E-state index contributed by atoms with van der Waals surface area (Å²) < 4.78 is 0. The van der Waals surface area contributed by atoms with E-state index in [1.165, 1.54) is 6.92 Å². The molecular formula is C15H23N3O2.